The minimum absolute atomic E-state index is 0.0336. The van der Waals surface area contributed by atoms with Crippen molar-refractivity contribution in [2.45, 2.75) is 19.0 Å². The summed E-state index contributed by atoms with van der Waals surface area (Å²) in [7, 11) is -2.53. The maximum atomic E-state index is 13.8. The Morgan fingerprint density at radius 1 is 0.973 bits per heavy atom. The van der Waals surface area contributed by atoms with Gasteiger partial charge in [0.2, 0.25) is 21.8 Å². The Labute approximate surface area is 225 Å². The summed E-state index contributed by atoms with van der Waals surface area (Å²) >= 11 is 12.3. The molecule has 0 saturated carbocycles. The number of hydrogen-bond donors (Lipinski definition) is 1. The van der Waals surface area contributed by atoms with E-state index in [-0.39, 0.29) is 28.7 Å². The van der Waals surface area contributed by atoms with Crippen molar-refractivity contribution in [3.05, 3.63) is 99.8 Å². The van der Waals surface area contributed by atoms with Crippen LogP contribution in [0.1, 0.15) is 11.1 Å². The molecule has 0 aliphatic heterocycles. The van der Waals surface area contributed by atoms with E-state index in [1.165, 1.54) is 54.4 Å². The van der Waals surface area contributed by atoms with E-state index in [4.69, 9.17) is 23.2 Å². The van der Waals surface area contributed by atoms with Crippen molar-refractivity contribution in [3.63, 3.8) is 0 Å². The normalized spacial score (nSPS) is 12.0. The summed E-state index contributed by atoms with van der Waals surface area (Å²) in [6.07, 6.45) is 1.12. The standard InChI is InChI=1S/C26H26Cl2FN3O4S/c1-30-26(34)24(14-18-6-4-3-5-7-18)31(16-19-8-11-21(29)12-9-19)25(33)17-32(37(2,35)36)23-15-20(27)10-13-22(23)28/h3-13,15,24H,14,16-17H2,1-2H3,(H,30,34)/t24-/m1/s1. The van der Waals surface area contributed by atoms with Crippen LogP contribution >= 0.6 is 23.2 Å². The molecule has 0 spiro atoms. The topological polar surface area (TPSA) is 86.8 Å². The molecule has 11 heteroatoms. The van der Waals surface area contributed by atoms with Crippen LogP contribution in [0.5, 0.6) is 0 Å². The van der Waals surface area contributed by atoms with E-state index < -0.39 is 40.2 Å². The Bertz CT molecular complexity index is 1360. The Morgan fingerprint density at radius 2 is 1.62 bits per heavy atom. The van der Waals surface area contributed by atoms with Crippen LogP contribution in [-0.2, 0) is 32.6 Å². The van der Waals surface area contributed by atoms with Crippen LogP contribution in [0.25, 0.3) is 0 Å². The van der Waals surface area contributed by atoms with Gasteiger partial charge in [-0.1, -0.05) is 65.7 Å². The molecule has 3 aromatic rings. The van der Waals surface area contributed by atoms with Crippen LogP contribution in [0.4, 0.5) is 10.1 Å². The molecule has 0 aromatic heterocycles. The molecule has 0 fully saturated rings. The maximum Gasteiger partial charge on any atom is 0.244 e. The van der Waals surface area contributed by atoms with Gasteiger partial charge in [0.25, 0.3) is 0 Å². The number of nitrogens with one attached hydrogen (secondary N) is 1. The second-order valence-electron chi connectivity index (χ2n) is 8.33. The monoisotopic (exact) mass is 565 g/mol. The smallest absolute Gasteiger partial charge is 0.244 e. The van der Waals surface area contributed by atoms with Crippen molar-refractivity contribution in [1.29, 1.82) is 0 Å². The number of likely N-dealkylation sites (N-methyl/N-ethyl adjacent to an activating group) is 1. The number of sulfonamides is 1. The first-order valence-electron chi connectivity index (χ1n) is 11.2. The molecule has 0 radical (unpaired) electrons. The van der Waals surface area contributed by atoms with E-state index in [1.807, 2.05) is 30.3 Å². The highest BCUT2D eigenvalue weighted by molar-refractivity contribution is 7.92. The summed E-state index contributed by atoms with van der Waals surface area (Å²) in [5.41, 5.74) is 1.39. The molecular weight excluding hydrogens is 540 g/mol. The van der Waals surface area contributed by atoms with Gasteiger partial charge in [0.1, 0.15) is 18.4 Å². The molecule has 0 saturated heterocycles. The van der Waals surface area contributed by atoms with Crippen LogP contribution in [0.3, 0.4) is 0 Å². The third-order valence-corrected chi connectivity index (χ3v) is 7.32. The summed E-state index contributed by atoms with van der Waals surface area (Å²) in [5.74, 6) is -1.55. The van der Waals surface area contributed by atoms with Gasteiger partial charge in [-0.2, -0.15) is 0 Å². The third-order valence-electron chi connectivity index (χ3n) is 5.64. The molecule has 1 atom stereocenters. The largest absolute Gasteiger partial charge is 0.357 e. The Kier molecular flexibility index (Phi) is 9.53. The maximum absolute atomic E-state index is 13.8. The quantitative estimate of drug-likeness (QED) is 0.397. The number of rotatable bonds is 10. The Balaban J connectivity index is 2.04. The van der Waals surface area contributed by atoms with E-state index in [2.05, 4.69) is 5.32 Å². The van der Waals surface area contributed by atoms with Gasteiger partial charge >= 0.3 is 0 Å². The lowest BCUT2D eigenvalue weighted by Crippen LogP contribution is -2.52. The average Bonchev–Trinajstić information content (AvgIpc) is 2.86. The summed E-state index contributed by atoms with van der Waals surface area (Å²) in [4.78, 5) is 28.1. The zero-order valence-electron chi connectivity index (χ0n) is 20.2. The predicted octanol–water partition coefficient (Wildman–Crippen LogP) is 4.28. The first kappa shape index (κ1) is 28.4. The molecule has 37 heavy (non-hydrogen) atoms. The van der Waals surface area contributed by atoms with E-state index >= 15 is 0 Å². The van der Waals surface area contributed by atoms with E-state index in [1.54, 1.807) is 0 Å². The molecule has 1 N–H and O–H groups in total. The molecule has 196 valence electrons. The third kappa shape index (κ3) is 7.67. The van der Waals surface area contributed by atoms with Crippen molar-refractivity contribution < 1.29 is 22.4 Å². The molecule has 0 aliphatic carbocycles. The zero-order valence-corrected chi connectivity index (χ0v) is 22.5. The number of nitrogens with zero attached hydrogens (tertiary/aromatic N) is 2. The lowest BCUT2D eigenvalue weighted by molar-refractivity contribution is -0.139. The lowest BCUT2D eigenvalue weighted by Gasteiger charge is -2.33. The molecule has 3 rings (SSSR count). The van der Waals surface area contributed by atoms with Gasteiger partial charge in [0, 0.05) is 25.0 Å². The Morgan fingerprint density at radius 3 is 2.22 bits per heavy atom. The van der Waals surface area contributed by atoms with Crippen LogP contribution < -0.4 is 9.62 Å². The number of halogens is 3. The fraction of sp³-hybridized carbons (Fsp3) is 0.231. The van der Waals surface area contributed by atoms with Crippen LogP contribution in [0.15, 0.2) is 72.8 Å². The fourth-order valence-electron chi connectivity index (χ4n) is 3.78. The Hall–Kier alpha value is -3.14. The average molecular weight is 566 g/mol. The first-order valence-corrected chi connectivity index (χ1v) is 13.8. The van der Waals surface area contributed by atoms with Crippen LogP contribution in [0.2, 0.25) is 10.0 Å². The van der Waals surface area contributed by atoms with Crippen molar-refractivity contribution >= 4 is 50.7 Å². The summed E-state index contributed by atoms with van der Waals surface area (Å²) in [6, 6.07) is 17.9. The molecule has 7 nitrogen and oxygen atoms in total. The van der Waals surface area contributed by atoms with E-state index in [0.717, 1.165) is 16.1 Å². The number of amides is 2. The molecular formula is C26H26Cl2FN3O4S. The van der Waals surface area contributed by atoms with Crippen molar-refractivity contribution in [2.24, 2.45) is 0 Å². The van der Waals surface area contributed by atoms with Gasteiger partial charge in [-0.15, -0.1) is 0 Å². The van der Waals surface area contributed by atoms with Crippen molar-refractivity contribution in [2.75, 3.05) is 24.2 Å². The number of anilines is 1. The second kappa shape index (κ2) is 12.4. The number of benzene rings is 3. The highest BCUT2D eigenvalue weighted by Crippen LogP contribution is 2.31. The molecule has 0 unspecified atom stereocenters. The minimum atomic E-state index is -3.98. The van der Waals surface area contributed by atoms with E-state index in [0.29, 0.717) is 5.56 Å². The molecule has 0 bridgehead atoms. The van der Waals surface area contributed by atoms with Gasteiger partial charge in [-0.05, 0) is 41.5 Å². The highest BCUT2D eigenvalue weighted by Gasteiger charge is 2.33. The fourth-order valence-corrected chi connectivity index (χ4v) is 5.07. The SMILES string of the molecule is CNC(=O)[C@@H](Cc1ccccc1)N(Cc1ccc(F)cc1)C(=O)CN(c1cc(Cl)ccc1Cl)S(C)(=O)=O. The number of hydrogen-bond acceptors (Lipinski definition) is 4. The molecule has 0 heterocycles. The van der Waals surface area contributed by atoms with Crippen molar-refractivity contribution in [1.82, 2.24) is 10.2 Å². The van der Waals surface area contributed by atoms with Gasteiger partial charge < -0.3 is 10.2 Å². The molecule has 0 aliphatic rings. The van der Waals surface area contributed by atoms with Gasteiger partial charge in [0.15, 0.2) is 0 Å². The van der Waals surface area contributed by atoms with E-state index in [9.17, 15) is 22.4 Å². The summed E-state index contributed by atoms with van der Waals surface area (Å²) < 4.78 is 39.8. The zero-order chi connectivity index (χ0) is 27.2. The molecule has 2 amide bonds. The molecule has 3 aromatic carbocycles. The summed E-state index contributed by atoms with van der Waals surface area (Å²) in [6.45, 7) is -0.701. The minimum Gasteiger partial charge on any atom is -0.357 e. The number of carbonyl (C=O) groups is 2. The van der Waals surface area contributed by atoms with Gasteiger partial charge in [0.05, 0.1) is 17.0 Å². The highest BCUT2D eigenvalue weighted by atomic mass is 35.5. The first-order chi connectivity index (χ1) is 17.5. The van der Waals surface area contributed by atoms with Crippen LogP contribution in [-0.4, -0.2) is 51.0 Å². The van der Waals surface area contributed by atoms with Crippen molar-refractivity contribution in [3.8, 4) is 0 Å². The predicted molar refractivity (Wildman–Crippen MR) is 144 cm³/mol. The second-order valence-corrected chi connectivity index (χ2v) is 11.1. The van der Waals surface area contributed by atoms with Crippen LogP contribution in [0, 0.1) is 5.82 Å². The summed E-state index contributed by atoms with van der Waals surface area (Å²) in [5, 5.41) is 2.90. The number of carbonyl (C=O) groups excluding carboxylic acids is 2. The van der Waals surface area contributed by atoms with Gasteiger partial charge in [-0.25, -0.2) is 12.8 Å². The van der Waals surface area contributed by atoms with Gasteiger partial charge in [-0.3, -0.25) is 13.9 Å². The lowest BCUT2D eigenvalue weighted by atomic mass is 10.0.